The Morgan fingerprint density at radius 1 is 1.57 bits per heavy atom. The molecule has 0 aliphatic carbocycles. The zero-order valence-electron chi connectivity index (χ0n) is 3.55. The molecule has 0 radical (unpaired) electrons. The summed E-state index contributed by atoms with van der Waals surface area (Å²) in [6, 6.07) is -0.833. The van der Waals surface area contributed by atoms with Gasteiger partial charge < -0.3 is 11.5 Å². The zero-order chi connectivity index (χ0) is 6.28. The van der Waals surface area contributed by atoms with Gasteiger partial charge in [-0.15, -0.1) is 0 Å². The molecule has 0 saturated carbocycles. The van der Waals surface area contributed by atoms with Crippen molar-refractivity contribution in [2.45, 2.75) is 0 Å². The second-order valence-corrected chi connectivity index (χ2v) is 1.10. The van der Waals surface area contributed by atoms with Crippen molar-refractivity contribution < 1.29 is 34.3 Å². The van der Waals surface area contributed by atoms with Crippen LogP contribution in [0.1, 0.15) is 0 Å². The Morgan fingerprint density at radius 2 is 1.57 bits per heavy atom. The minimum absolute atomic E-state index is 0.833. The van der Waals surface area contributed by atoms with Gasteiger partial charge in [-0.25, -0.2) is 4.79 Å². The molecule has 0 atom stereocenters. The standard InChI is InChI=1S/CH4N2O.CHO.Zr/c2-1(3)4;1-2;/h(H4,2,3,4);1H;. The van der Waals surface area contributed by atoms with Crippen molar-refractivity contribution in [2.75, 3.05) is 0 Å². The van der Waals surface area contributed by atoms with Gasteiger partial charge in [0.1, 0.15) is 0 Å². The number of urea groups is 1. The van der Waals surface area contributed by atoms with Crippen LogP contribution in [0.5, 0.6) is 0 Å². The summed E-state index contributed by atoms with van der Waals surface area (Å²) in [6.45, 7) is 0. The van der Waals surface area contributed by atoms with Gasteiger partial charge in [0, 0.05) is 0 Å². The van der Waals surface area contributed by atoms with Crippen molar-refractivity contribution in [3.8, 4) is 0 Å². The second-order valence-electron chi connectivity index (χ2n) is 0.520. The molecule has 0 spiro atoms. The monoisotopic (exact) mass is 179 g/mol. The Labute approximate surface area is 56.1 Å². The maximum absolute atomic E-state index is 9.00. The average Bonchev–Trinajstić information content (AvgIpc) is 1.33. The summed E-state index contributed by atoms with van der Waals surface area (Å²) in [5.41, 5.74) is 8.50. The van der Waals surface area contributed by atoms with Crippen LogP contribution in [-0.4, -0.2) is 10.0 Å². The fraction of sp³-hybridized carbons (Fsp3) is 0. The van der Waals surface area contributed by atoms with Crippen molar-refractivity contribution in [1.82, 2.24) is 0 Å². The molecule has 2 amide bonds. The fourth-order valence-corrected chi connectivity index (χ4v) is 0. The quantitative estimate of drug-likeness (QED) is 0.456. The van der Waals surface area contributed by atoms with Gasteiger partial charge in [-0.3, -0.25) is 0 Å². The van der Waals surface area contributed by atoms with E-state index in [9.17, 15) is 0 Å². The van der Waals surface area contributed by atoms with Crippen molar-refractivity contribution in [1.29, 1.82) is 0 Å². The van der Waals surface area contributed by atoms with E-state index in [1.54, 1.807) is 0 Å². The van der Waals surface area contributed by atoms with Crippen LogP contribution in [0, 0.1) is 0 Å². The van der Waals surface area contributed by atoms with Crippen LogP contribution >= 0.6 is 0 Å². The summed E-state index contributed by atoms with van der Waals surface area (Å²) in [6.07, 6.45) is 0. The molecule has 0 fully saturated rings. The van der Waals surface area contributed by atoms with E-state index in [2.05, 4.69) is 11.5 Å². The van der Waals surface area contributed by atoms with Gasteiger partial charge in [-0.2, -0.15) is 0 Å². The van der Waals surface area contributed by atoms with E-state index in [0.29, 0.717) is 0 Å². The topological polar surface area (TPSA) is 86.2 Å². The third-order valence-corrected chi connectivity index (χ3v) is 0. The van der Waals surface area contributed by atoms with Gasteiger partial charge in [0.2, 0.25) is 0 Å². The molecule has 0 aromatic heterocycles. The number of hydrogen-bond donors (Lipinski definition) is 2. The molecular weight excluding hydrogens is 175 g/mol. The first kappa shape index (κ1) is 9.95. The molecule has 0 aromatic rings. The molecule has 0 saturated heterocycles. The van der Waals surface area contributed by atoms with Crippen molar-refractivity contribution in [3.05, 3.63) is 0 Å². The van der Waals surface area contributed by atoms with Crippen LogP contribution < -0.4 is 11.5 Å². The Hall–Kier alpha value is -0.177. The number of carbonyl (C=O) groups is 2. The van der Waals surface area contributed by atoms with Gasteiger partial charge in [0.05, 0.1) is 0 Å². The van der Waals surface area contributed by atoms with E-state index < -0.39 is 6.03 Å². The third-order valence-electron chi connectivity index (χ3n) is 0. The number of carbonyl (C=O) groups excluding carboxylic acids is 2. The molecule has 0 heterocycles. The molecule has 4 nitrogen and oxygen atoms in total. The summed E-state index contributed by atoms with van der Waals surface area (Å²) in [4.78, 5) is 17.8. The fourth-order valence-electron chi connectivity index (χ4n) is 0. The number of primary amides is 2. The van der Waals surface area contributed by atoms with E-state index in [-0.39, 0.29) is 0 Å². The van der Waals surface area contributed by atoms with Gasteiger partial charge >= 0.3 is 39.5 Å². The summed E-state index contributed by atoms with van der Waals surface area (Å²) in [5, 5.41) is 0. The van der Waals surface area contributed by atoms with Gasteiger partial charge in [-0.05, 0) is 0 Å². The summed E-state index contributed by atoms with van der Waals surface area (Å²) in [7, 11) is 0. The van der Waals surface area contributed by atoms with Crippen LogP contribution in [0.2, 0.25) is 0 Å². The molecule has 0 bridgehead atoms. The molecule has 0 aromatic carbocycles. The number of amides is 2. The minimum atomic E-state index is -0.833. The first-order valence-electron chi connectivity index (χ1n) is 1.31. The van der Waals surface area contributed by atoms with E-state index >= 15 is 0 Å². The second kappa shape index (κ2) is 9.27. The molecule has 7 heavy (non-hydrogen) atoms. The molecule has 0 rings (SSSR count). The van der Waals surface area contributed by atoms with E-state index in [0.717, 1.165) is 28.7 Å². The average molecular weight is 180 g/mol. The van der Waals surface area contributed by atoms with Crippen LogP contribution in [0.3, 0.4) is 0 Å². The third kappa shape index (κ3) is 2720. The Bertz CT molecular complexity index is 60.7. The van der Waals surface area contributed by atoms with Crippen LogP contribution in [0.25, 0.3) is 0 Å². The predicted octanol–water partition coefficient (Wildman–Crippen LogP) is -1.25. The first-order chi connectivity index (χ1) is 3.15. The van der Waals surface area contributed by atoms with Crippen LogP contribution in [0.4, 0.5) is 4.79 Å². The van der Waals surface area contributed by atoms with Gasteiger partial charge in [0.15, 0.2) is 0 Å². The molecule has 4 N–H and O–H groups in total. The number of hydrogen-bond acceptors (Lipinski definition) is 2. The van der Waals surface area contributed by atoms with Crippen molar-refractivity contribution in [3.63, 3.8) is 0 Å². The number of nitrogens with two attached hydrogens (primary N) is 2. The summed E-state index contributed by atoms with van der Waals surface area (Å²) in [5.74, 6) is 0. The summed E-state index contributed by atoms with van der Waals surface area (Å²) >= 11 is 0.954. The maximum atomic E-state index is 9.00. The molecule has 5 heteroatoms. The molecule has 39 valence electrons. The van der Waals surface area contributed by atoms with Crippen molar-refractivity contribution >= 4 is 10.0 Å². The van der Waals surface area contributed by atoms with Crippen LogP contribution in [0.15, 0.2) is 0 Å². The predicted molar refractivity (Wildman–Crippen MR) is 20.5 cm³/mol. The van der Waals surface area contributed by atoms with Crippen LogP contribution in [-0.2, 0) is 29.5 Å². The van der Waals surface area contributed by atoms with E-state index in [4.69, 9.17) is 9.59 Å². The molecule has 0 unspecified atom stereocenters. The Kier molecular flexibility index (Phi) is 13.2. The van der Waals surface area contributed by atoms with Gasteiger partial charge in [0.25, 0.3) is 0 Å². The SMILES string of the molecule is NC(N)=O.O=[CH][Zr]. The van der Waals surface area contributed by atoms with Gasteiger partial charge in [-0.1, -0.05) is 0 Å². The van der Waals surface area contributed by atoms with Crippen molar-refractivity contribution in [2.24, 2.45) is 11.5 Å². The number of rotatable bonds is 0. The Balaban J connectivity index is 0. The molecular formula is C2H5N2O2Zr. The first-order valence-corrected chi connectivity index (χ1v) is 2.73. The zero-order valence-corrected chi connectivity index (χ0v) is 6.01. The van der Waals surface area contributed by atoms with E-state index in [1.807, 2.05) is 0 Å². The molecule has 0 aliphatic rings. The Morgan fingerprint density at radius 3 is 1.57 bits per heavy atom. The molecule has 0 aliphatic heterocycles. The van der Waals surface area contributed by atoms with E-state index in [1.165, 1.54) is 0 Å². The summed E-state index contributed by atoms with van der Waals surface area (Å²) < 4.78 is 0.840. The normalized spacial score (nSPS) is 5.00.